The van der Waals surface area contributed by atoms with Crippen LogP contribution in [0.4, 0.5) is 17.3 Å². The minimum atomic E-state index is -3.77. The standard InChI is InChI=1S/C32H29N7O4S2/c1-38(2)45(41,42)27-19-23(12-13-26(27)43-3)35-32-33-15-14-25(36-32)31-30(37-28-11-4-5-16-39(28)31)21-8-6-9-22(18-21)34-29(40)20-24-10-7-17-44-24/h4-19H,20H2,1-3H3,(H,34,40)(H,33,35,36). The summed E-state index contributed by atoms with van der Waals surface area (Å²) in [6.07, 6.45) is 3.83. The Hall–Kier alpha value is -5.11. The first-order chi connectivity index (χ1) is 21.7. The van der Waals surface area contributed by atoms with Crippen molar-refractivity contribution in [2.24, 2.45) is 0 Å². The van der Waals surface area contributed by atoms with Crippen molar-refractivity contribution in [3.63, 3.8) is 0 Å². The van der Waals surface area contributed by atoms with Gasteiger partial charge in [0.25, 0.3) is 0 Å². The number of aromatic nitrogens is 4. The number of carbonyl (C=O) groups is 1. The third-order valence-electron chi connectivity index (χ3n) is 6.94. The molecule has 228 valence electrons. The fraction of sp³-hybridized carbons (Fsp3) is 0.125. The Labute approximate surface area is 264 Å². The van der Waals surface area contributed by atoms with Crippen molar-refractivity contribution in [2.45, 2.75) is 11.3 Å². The van der Waals surface area contributed by atoms with Crippen LogP contribution < -0.4 is 15.4 Å². The highest BCUT2D eigenvalue weighted by molar-refractivity contribution is 7.89. The lowest BCUT2D eigenvalue weighted by Gasteiger charge is -2.16. The van der Waals surface area contributed by atoms with Crippen LogP contribution in [-0.4, -0.2) is 59.2 Å². The van der Waals surface area contributed by atoms with E-state index >= 15 is 0 Å². The van der Waals surface area contributed by atoms with E-state index in [2.05, 4.69) is 15.6 Å². The van der Waals surface area contributed by atoms with Crippen LogP contribution in [0.15, 0.2) is 102 Å². The zero-order chi connectivity index (χ0) is 31.6. The van der Waals surface area contributed by atoms with E-state index in [4.69, 9.17) is 14.7 Å². The van der Waals surface area contributed by atoms with Crippen molar-refractivity contribution < 1.29 is 17.9 Å². The SMILES string of the molecule is COc1ccc(Nc2nccc(-c3c(-c4cccc(NC(=O)Cc5cccs5)c4)nc4ccccn34)n2)cc1S(=O)(=O)N(C)C. The number of sulfonamides is 1. The molecule has 0 aliphatic heterocycles. The van der Waals surface area contributed by atoms with Gasteiger partial charge in [-0.2, -0.15) is 0 Å². The second-order valence-corrected chi connectivity index (χ2v) is 13.3. The van der Waals surface area contributed by atoms with Gasteiger partial charge in [0.2, 0.25) is 21.9 Å². The molecule has 45 heavy (non-hydrogen) atoms. The van der Waals surface area contributed by atoms with Crippen LogP contribution in [0.3, 0.4) is 0 Å². The smallest absolute Gasteiger partial charge is 0.246 e. The third kappa shape index (κ3) is 6.27. The molecule has 0 aliphatic rings. The summed E-state index contributed by atoms with van der Waals surface area (Å²) < 4.78 is 34.2. The quantitative estimate of drug-likeness (QED) is 0.195. The molecule has 0 saturated heterocycles. The zero-order valence-electron chi connectivity index (χ0n) is 24.6. The lowest BCUT2D eigenvalue weighted by Crippen LogP contribution is -2.22. The van der Waals surface area contributed by atoms with Crippen LogP contribution >= 0.6 is 11.3 Å². The van der Waals surface area contributed by atoms with Gasteiger partial charge in [-0.25, -0.2) is 27.7 Å². The van der Waals surface area contributed by atoms with Gasteiger partial charge in [0, 0.05) is 48.3 Å². The number of methoxy groups -OCH3 is 1. The number of hydrogen-bond acceptors (Lipinski definition) is 9. The molecule has 1 amide bonds. The van der Waals surface area contributed by atoms with Gasteiger partial charge in [-0.1, -0.05) is 24.3 Å². The van der Waals surface area contributed by atoms with E-state index in [-0.39, 0.29) is 22.5 Å². The maximum atomic E-state index is 12.9. The second-order valence-electron chi connectivity index (χ2n) is 10.2. The molecule has 0 fully saturated rings. The molecule has 11 nitrogen and oxygen atoms in total. The molecule has 0 spiro atoms. The highest BCUT2D eigenvalue weighted by Gasteiger charge is 2.23. The lowest BCUT2D eigenvalue weighted by molar-refractivity contribution is -0.115. The zero-order valence-corrected chi connectivity index (χ0v) is 26.3. The summed E-state index contributed by atoms with van der Waals surface area (Å²) in [6, 6.07) is 23.7. The number of carbonyl (C=O) groups excluding carboxylic acids is 1. The molecule has 6 rings (SSSR count). The molecule has 6 aromatic rings. The van der Waals surface area contributed by atoms with Crippen LogP contribution in [0.1, 0.15) is 4.88 Å². The highest BCUT2D eigenvalue weighted by atomic mass is 32.2. The number of pyridine rings is 1. The number of nitrogens with one attached hydrogen (secondary N) is 2. The maximum Gasteiger partial charge on any atom is 0.246 e. The van der Waals surface area contributed by atoms with E-state index in [1.807, 2.05) is 70.6 Å². The number of rotatable bonds is 10. The molecular formula is C32H29N7O4S2. The number of thiophene rings is 1. The summed E-state index contributed by atoms with van der Waals surface area (Å²) in [5.41, 5.74) is 4.62. The van der Waals surface area contributed by atoms with Gasteiger partial charge in [0.1, 0.15) is 16.3 Å². The number of benzene rings is 2. The van der Waals surface area contributed by atoms with E-state index < -0.39 is 10.0 Å². The van der Waals surface area contributed by atoms with Crippen LogP contribution in [0.25, 0.3) is 28.3 Å². The van der Waals surface area contributed by atoms with Crippen LogP contribution in [0.5, 0.6) is 5.75 Å². The Bertz CT molecular complexity index is 2110. The third-order valence-corrected chi connectivity index (χ3v) is 9.65. The van der Waals surface area contributed by atoms with Crippen molar-refractivity contribution >= 4 is 50.2 Å². The Kier molecular flexibility index (Phi) is 8.30. The summed E-state index contributed by atoms with van der Waals surface area (Å²) in [5, 5.41) is 8.07. The molecule has 2 N–H and O–H groups in total. The average molecular weight is 640 g/mol. The number of amides is 1. The molecule has 0 aliphatic carbocycles. The summed E-state index contributed by atoms with van der Waals surface area (Å²) in [5.74, 6) is 0.387. The summed E-state index contributed by atoms with van der Waals surface area (Å²) in [6.45, 7) is 0. The molecule has 2 aromatic carbocycles. The average Bonchev–Trinajstić information content (AvgIpc) is 3.69. The predicted molar refractivity (Wildman–Crippen MR) is 175 cm³/mol. The van der Waals surface area contributed by atoms with E-state index in [1.54, 1.807) is 35.7 Å². The van der Waals surface area contributed by atoms with Gasteiger partial charge in [-0.05, 0) is 60.0 Å². The first kappa shape index (κ1) is 29.9. The van der Waals surface area contributed by atoms with Crippen molar-refractivity contribution in [1.82, 2.24) is 23.7 Å². The topological polar surface area (TPSA) is 131 Å². The molecule has 0 atom stereocenters. The fourth-order valence-electron chi connectivity index (χ4n) is 4.80. The maximum absolute atomic E-state index is 12.9. The van der Waals surface area contributed by atoms with E-state index in [9.17, 15) is 13.2 Å². The van der Waals surface area contributed by atoms with Crippen LogP contribution in [-0.2, 0) is 21.2 Å². The molecule has 13 heteroatoms. The normalized spacial score (nSPS) is 11.6. The fourth-order valence-corrected chi connectivity index (χ4v) is 6.57. The first-order valence-electron chi connectivity index (χ1n) is 13.8. The molecule has 4 aromatic heterocycles. The predicted octanol–water partition coefficient (Wildman–Crippen LogP) is 5.70. The van der Waals surface area contributed by atoms with Gasteiger partial charge in [0.15, 0.2) is 0 Å². The number of imidazole rings is 1. The van der Waals surface area contributed by atoms with Gasteiger partial charge in [0.05, 0.1) is 30.6 Å². The molecule has 0 saturated carbocycles. The van der Waals surface area contributed by atoms with Gasteiger partial charge in [-0.15, -0.1) is 11.3 Å². The van der Waals surface area contributed by atoms with E-state index in [1.165, 1.54) is 27.3 Å². The molecular weight excluding hydrogens is 611 g/mol. The summed E-state index contributed by atoms with van der Waals surface area (Å²) in [4.78, 5) is 27.8. The number of anilines is 3. The van der Waals surface area contributed by atoms with Gasteiger partial charge >= 0.3 is 0 Å². The van der Waals surface area contributed by atoms with Gasteiger partial charge in [-0.3, -0.25) is 9.20 Å². The Morgan fingerprint density at radius 1 is 0.978 bits per heavy atom. The van der Waals surface area contributed by atoms with Gasteiger partial charge < -0.3 is 15.4 Å². The number of nitrogens with zero attached hydrogens (tertiary/aromatic N) is 5. The summed E-state index contributed by atoms with van der Waals surface area (Å²) >= 11 is 1.54. The monoisotopic (exact) mass is 639 g/mol. The highest BCUT2D eigenvalue weighted by Crippen LogP contribution is 2.34. The van der Waals surface area contributed by atoms with E-state index in [0.717, 1.165) is 26.1 Å². The molecule has 0 unspecified atom stereocenters. The molecule has 4 heterocycles. The van der Waals surface area contributed by atoms with Crippen molar-refractivity contribution in [3.8, 4) is 28.4 Å². The molecule has 0 radical (unpaired) electrons. The van der Waals surface area contributed by atoms with Crippen LogP contribution in [0.2, 0.25) is 0 Å². The molecule has 0 bridgehead atoms. The van der Waals surface area contributed by atoms with Crippen molar-refractivity contribution in [3.05, 3.63) is 102 Å². The Balaban J connectivity index is 1.35. The number of hydrogen-bond donors (Lipinski definition) is 2. The lowest BCUT2D eigenvalue weighted by atomic mass is 10.1. The minimum Gasteiger partial charge on any atom is -0.495 e. The Morgan fingerprint density at radius 2 is 1.84 bits per heavy atom. The van der Waals surface area contributed by atoms with E-state index in [0.29, 0.717) is 29.2 Å². The summed E-state index contributed by atoms with van der Waals surface area (Å²) in [7, 11) is 0.574. The first-order valence-corrected chi connectivity index (χ1v) is 16.2. The largest absolute Gasteiger partial charge is 0.495 e. The van der Waals surface area contributed by atoms with Crippen molar-refractivity contribution in [2.75, 3.05) is 31.8 Å². The second kappa shape index (κ2) is 12.5. The number of fused-ring (bicyclic) bond motifs is 1. The Morgan fingerprint density at radius 3 is 2.62 bits per heavy atom. The van der Waals surface area contributed by atoms with Crippen molar-refractivity contribution in [1.29, 1.82) is 0 Å². The number of ether oxygens (including phenoxy) is 1. The minimum absolute atomic E-state index is 0.0163. The van der Waals surface area contributed by atoms with Crippen LogP contribution in [0, 0.1) is 0 Å².